The summed E-state index contributed by atoms with van der Waals surface area (Å²) in [7, 11) is 0. The van der Waals surface area contributed by atoms with Crippen molar-refractivity contribution in [2.45, 2.75) is 58.1 Å². The molecule has 2 rings (SSSR count). The van der Waals surface area contributed by atoms with Crippen molar-refractivity contribution >= 4 is 0 Å². The first-order valence-electron chi connectivity index (χ1n) is 8.43. The van der Waals surface area contributed by atoms with Crippen LogP contribution in [-0.2, 0) is 11.3 Å². The summed E-state index contributed by atoms with van der Waals surface area (Å²) in [5, 5.41) is 3.49. The Morgan fingerprint density at radius 1 is 1.24 bits per heavy atom. The Hall–Kier alpha value is -1.06. The minimum atomic E-state index is 0.395. The van der Waals surface area contributed by atoms with E-state index in [9.17, 15) is 0 Å². The highest BCUT2D eigenvalue weighted by Crippen LogP contribution is 2.18. The molecular formula is C18H29NO2. The van der Waals surface area contributed by atoms with Crippen molar-refractivity contribution in [1.82, 2.24) is 5.32 Å². The summed E-state index contributed by atoms with van der Waals surface area (Å²) >= 11 is 0. The second kappa shape index (κ2) is 9.80. The normalized spacial score (nSPS) is 18.0. The maximum atomic E-state index is 5.93. The van der Waals surface area contributed by atoms with E-state index >= 15 is 0 Å². The lowest BCUT2D eigenvalue weighted by molar-refractivity contribution is 0.110. The van der Waals surface area contributed by atoms with E-state index in [1.54, 1.807) is 0 Å². The Morgan fingerprint density at radius 2 is 2.14 bits per heavy atom. The molecule has 21 heavy (non-hydrogen) atoms. The number of hydrogen-bond donors (Lipinski definition) is 1. The van der Waals surface area contributed by atoms with Gasteiger partial charge in [0.15, 0.2) is 0 Å². The molecule has 1 unspecified atom stereocenters. The fraction of sp³-hybridized carbons (Fsp3) is 0.667. The number of hydrogen-bond acceptors (Lipinski definition) is 3. The summed E-state index contributed by atoms with van der Waals surface area (Å²) in [6.07, 6.45) is 7.75. The Morgan fingerprint density at radius 3 is 2.95 bits per heavy atom. The average molecular weight is 291 g/mol. The Labute approximate surface area is 129 Å². The fourth-order valence-corrected chi connectivity index (χ4v) is 2.67. The van der Waals surface area contributed by atoms with Gasteiger partial charge in [-0.25, -0.2) is 0 Å². The van der Waals surface area contributed by atoms with Crippen LogP contribution in [0.2, 0.25) is 0 Å². The molecule has 3 heteroatoms. The van der Waals surface area contributed by atoms with Crippen LogP contribution >= 0.6 is 0 Å². The highest BCUT2D eigenvalue weighted by Gasteiger charge is 2.14. The lowest BCUT2D eigenvalue weighted by atomic mass is 10.2. The van der Waals surface area contributed by atoms with Crippen LogP contribution in [0, 0.1) is 0 Å². The molecule has 1 aliphatic heterocycles. The van der Waals surface area contributed by atoms with Crippen molar-refractivity contribution in [3.8, 4) is 5.75 Å². The predicted octanol–water partition coefficient (Wildman–Crippen LogP) is 3.91. The van der Waals surface area contributed by atoms with E-state index in [2.05, 4.69) is 30.4 Å². The quantitative estimate of drug-likeness (QED) is 0.663. The van der Waals surface area contributed by atoms with E-state index in [4.69, 9.17) is 9.47 Å². The van der Waals surface area contributed by atoms with Gasteiger partial charge in [0.05, 0.1) is 12.7 Å². The summed E-state index contributed by atoms with van der Waals surface area (Å²) in [6.45, 7) is 5.76. The number of rotatable bonds is 10. The smallest absolute Gasteiger partial charge is 0.123 e. The molecule has 0 aromatic heterocycles. The molecule has 0 amide bonds. The monoisotopic (exact) mass is 291 g/mol. The van der Waals surface area contributed by atoms with Crippen molar-refractivity contribution in [2.24, 2.45) is 0 Å². The lowest BCUT2D eigenvalue weighted by Crippen LogP contribution is -2.26. The Kier molecular flexibility index (Phi) is 7.61. The van der Waals surface area contributed by atoms with Crippen LogP contribution in [0.25, 0.3) is 0 Å². The highest BCUT2D eigenvalue weighted by molar-refractivity contribution is 5.33. The number of unbranched alkanes of at least 4 members (excludes halogenated alkanes) is 3. The van der Waals surface area contributed by atoms with E-state index in [0.717, 1.165) is 38.5 Å². The molecular weight excluding hydrogens is 262 g/mol. The molecule has 1 aromatic carbocycles. The van der Waals surface area contributed by atoms with Crippen molar-refractivity contribution in [1.29, 1.82) is 0 Å². The van der Waals surface area contributed by atoms with Crippen LogP contribution in [-0.4, -0.2) is 25.9 Å². The van der Waals surface area contributed by atoms with Crippen LogP contribution in [0.5, 0.6) is 5.75 Å². The molecule has 1 saturated heterocycles. The van der Waals surface area contributed by atoms with Crippen molar-refractivity contribution in [2.75, 3.05) is 19.8 Å². The number of nitrogens with one attached hydrogen (secondary N) is 1. The van der Waals surface area contributed by atoms with E-state index in [1.165, 1.54) is 37.7 Å². The first kappa shape index (κ1) is 16.3. The van der Waals surface area contributed by atoms with Gasteiger partial charge in [-0.05, 0) is 25.3 Å². The first-order valence-corrected chi connectivity index (χ1v) is 8.43. The molecule has 0 radical (unpaired) electrons. The molecule has 1 atom stereocenters. The van der Waals surface area contributed by atoms with Gasteiger partial charge in [0.25, 0.3) is 0 Å². The number of benzene rings is 1. The van der Waals surface area contributed by atoms with Gasteiger partial charge in [0, 0.05) is 25.3 Å². The number of ether oxygens (including phenoxy) is 2. The Bertz CT molecular complexity index is 389. The molecule has 1 heterocycles. The van der Waals surface area contributed by atoms with Crippen LogP contribution in [0.1, 0.15) is 51.0 Å². The molecule has 0 saturated carbocycles. The van der Waals surface area contributed by atoms with E-state index in [0.29, 0.717) is 6.10 Å². The molecule has 0 aliphatic carbocycles. The lowest BCUT2D eigenvalue weighted by Gasteiger charge is -2.14. The zero-order chi connectivity index (χ0) is 14.8. The fourth-order valence-electron chi connectivity index (χ4n) is 2.67. The SMILES string of the molecule is CCCCCCOc1ccccc1CNCC1CCCO1. The molecule has 1 N–H and O–H groups in total. The van der Waals surface area contributed by atoms with Crippen LogP contribution < -0.4 is 10.1 Å². The average Bonchev–Trinajstić information content (AvgIpc) is 3.02. The second-order valence-electron chi connectivity index (χ2n) is 5.78. The number of para-hydroxylation sites is 1. The van der Waals surface area contributed by atoms with Crippen LogP contribution in [0.15, 0.2) is 24.3 Å². The second-order valence-corrected chi connectivity index (χ2v) is 5.78. The van der Waals surface area contributed by atoms with Gasteiger partial charge in [-0.3, -0.25) is 0 Å². The van der Waals surface area contributed by atoms with Gasteiger partial charge < -0.3 is 14.8 Å². The minimum Gasteiger partial charge on any atom is -0.493 e. The molecule has 3 nitrogen and oxygen atoms in total. The van der Waals surface area contributed by atoms with Crippen molar-refractivity contribution in [3.05, 3.63) is 29.8 Å². The Balaban J connectivity index is 1.70. The molecule has 1 fully saturated rings. The standard InChI is InChI=1S/C18H29NO2/c1-2-3-4-7-12-21-18-11-6-5-9-16(18)14-19-15-17-10-8-13-20-17/h5-6,9,11,17,19H,2-4,7-8,10,12-15H2,1H3. The van der Waals surface area contributed by atoms with Crippen LogP contribution in [0.4, 0.5) is 0 Å². The zero-order valence-corrected chi connectivity index (χ0v) is 13.3. The largest absolute Gasteiger partial charge is 0.493 e. The first-order chi connectivity index (χ1) is 10.4. The maximum absolute atomic E-state index is 5.93. The third kappa shape index (κ3) is 6.06. The summed E-state index contributed by atoms with van der Waals surface area (Å²) in [4.78, 5) is 0. The molecule has 0 spiro atoms. The van der Waals surface area contributed by atoms with Gasteiger partial charge in [0.2, 0.25) is 0 Å². The van der Waals surface area contributed by atoms with Gasteiger partial charge in [0.1, 0.15) is 5.75 Å². The highest BCUT2D eigenvalue weighted by atomic mass is 16.5. The van der Waals surface area contributed by atoms with Crippen molar-refractivity contribution in [3.63, 3.8) is 0 Å². The summed E-state index contributed by atoms with van der Waals surface area (Å²) in [5.41, 5.74) is 1.24. The van der Waals surface area contributed by atoms with E-state index in [-0.39, 0.29) is 0 Å². The third-order valence-electron chi connectivity index (χ3n) is 3.94. The molecule has 1 aromatic rings. The van der Waals surface area contributed by atoms with Crippen molar-refractivity contribution < 1.29 is 9.47 Å². The summed E-state index contributed by atoms with van der Waals surface area (Å²) in [6, 6.07) is 8.34. The molecule has 0 bridgehead atoms. The third-order valence-corrected chi connectivity index (χ3v) is 3.94. The summed E-state index contributed by atoms with van der Waals surface area (Å²) in [5.74, 6) is 1.02. The zero-order valence-electron chi connectivity index (χ0n) is 13.3. The van der Waals surface area contributed by atoms with Crippen LogP contribution in [0.3, 0.4) is 0 Å². The topological polar surface area (TPSA) is 30.5 Å². The van der Waals surface area contributed by atoms with E-state index in [1.807, 2.05) is 6.07 Å². The predicted molar refractivity (Wildman–Crippen MR) is 86.8 cm³/mol. The van der Waals surface area contributed by atoms with Gasteiger partial charge >= 0.3 is 0 Å². The molecule has 118 valence electrons. The van der Waals surface area contributed by atoms with E-state index < -0.39 is 0 Å². The molecule has 1 aliphatic rings. The maximum Gasteiger partial charge on any atom is 0.123 e. The summed E-state index contributed by atoms with van der Waals surface area (Å²) < 4.78 is 11.6. The van der Waals surface area contributed by atoms with Gasteiger partial charge in [-0.1, -0.05) is 44.4 Å². The minimum absolute atomic E-state index is 0.395. The van der Waals surface area contributed by atoms with Gasteiger partial charge in [-0.15, -0.1) is 0 Å². The van der Waals surface area contributed by atoms with Gasteiger partial charge in [-0.2, -0.15) is 0 Å².